The van der Waals surface area contributed by atoms with Gasteiger partial charge in [-0.1, -0.05) is 363 Å². The first kappa shape index (κ1) is 97.1. The number of ether oxygens (including phenoxy) is 4. The van der Waals surface area contributed by atoms with Gasteiger partial charge in [0.15, 0.2) is 12.2 Å². The van der Waals surface area contributed by atoms with E-state index in [4.69, 9.17) is 37.0 Å². The molecule has 0 amide bonds. The Hall–Kier alpha value is -1.94. The zero-order valence-electron chi connectivity index (χ0n) is 65.0. The van der Waals surface area contributed by atoms with E-state index in [9.17, 15) is 43.2 Å². The first-order chi connectivity index (χ1) is 47.8. The summed E-state index contributed by atoms with van der Waals surface area (Å²) in [6, 6.07) is 0. The van der Waals surface area contributed by atoms with E-state index in [-0.39, 0.29) is 25.7 Å². The summed E-state index contributed by atoms with van der Waals surface area (Å²) in [5, 5.41) is 10.6. The van der Waals surface area contributed by atoms with Gasteiger partial charge in [-0.05, 0) is 43.4 Å². The van der Waals surface area contributed by atoms with Gasteiger partial charge in [-0.3, -0.25) is 37.3 Å². The highest BCUT2D eigenvalue weighted by Gasteiger charge is 2.30. The molecule has 0 fully saturated rings. The standard InChI is InChI=1S/C80H156O17P2/c1-8-11-12-13-14-15-16-17-18-19-20-21-22-23-24-29-32-35-40-49-56-63-79(84)96-75(67-90-77(82)61-54-47-39-34-31-28-26-25-27-30-33-38-45-52-59-72(6)9-2)69-94-98(86,87)92-65-74(81)66-93-99(88,89)95-70-76(97-80(85)64-57-50-41-36-37-44-51-58-71(4)5)68-91-78(83)62-55-48-43-42-46-53-60-73(7)10-3/h71-76,81H,8-70H2,1-7H3,(H,86,87)(H,88,89)/t72?,73?,74-,75-,76-/m1/s1. The van der Waals surface area contributed by atoms with Crippen molar-refractivity contribution in [3.05, 3.63) is 0 Å². The molecule has 0 aromatic rings. The molecule has 3 N–H and O–H groups in total. The van der Waals surface area contributed by atoms with Crippen molar-refractivity contribution in [1.29, 1.82) is 0 Å². The Labute approximate surface area is 607 Å². The lowest BCUT2D eigenvalue weighted by atomic mass is 9.99. The third kappa shape index (κ3) is 71.5. The highest BCUT2D eigenvalue weighted by molar-refractivity contribution is 7.47. The van der Waals surface area contributed by atoms with Gasteiger partial charge in [-0.15, -0.1) is 0 Å². The van der Waals surface area contributed by atoms with Gasteiger partial charge in [-0.25, -0.2) is 9.13 Å². The zero-order valence-corrected chi connectivity index (χ0v) is 66.8. The summed E-state index contributed by atoms with van der Waals surface area (Å²) in [6.45, 7) is 11.9. The number of aliphatic hydroxyl groups excluding tert-OH is 1. The number of carbonyl (C=O) groups excluding carboxylic acids is 4. The van der Waals surface area contributed by atoms with Crippen molar-refractivity contribution in [2.75, 3.05) is 39.6 Å². The Morgan fingerprint density at radius 1 is 0.293 bits per heavy atom. The Balaban J connectivity index is 5.20. The van der Waals surface area contributed by atoms with Crippen molar-refractivity contribution in [1.82, 2.24) is 0 Å². The second kappa shape index (κ2) is 70.4. The van der Waals surface area contributed by atoms with Gasteiger partial charge in [-0.2, -0.15) is 0 Å². The highest BCUT2D eigenvalue weighted by Crippen LogP contribution is 2.45. The van der Waals surface area contributed by atoms with E-state index in [1.165, 1.54) is 218 Å². The van der Waals surface area contributed by atoms with Gasteiger partial charge in [0.25, 0.3) is 0 Å². The maximum absolute atomic E-state index is 13.1. The van der Waals surface area contributed by atoms with Crippen LogP contribution in [0.15, 0.2) is 0 Å². The number of rotatable bonds is 78. The molecule has 0 bridgehead atoms. The predicted molar refractivity (Wildman–Crippen MR) is 405 cm³/mol. The van der Waals surface area contributed by atoms with E-state index in [1.807, 2.05) is 0 Å². The van der Waals surface area contributed by atoms with Gasteiger partial charge in [0.05, 0.1) is 26.4 Å². The van der Waals surface area contributed by atoms with Crippen molar-refractivity contribution in [2.45, 2.75) is 433 Å². The van der Waals surface area contributed by atoms with Crippen molar-refractivity contribution in [3.8, 4) is 0 Å². The minimum absolute atomic E-state index is 0.103. The van der Waals surface area contributed by atoms with Crippen LogP contribution in [0.5, 0.6) is 0 Å². The summed E-state index contributed by atoms with van der Waals surface area (Å²) in [7, 11) is -9.92. The molecule has 4 unspecified atom stereocenters. The van der Waals surface area contributed by atoms with Crippen LogP contribution in [0.4, 0.5) is 0 Å². The van der Waals surface area contributed by atoms with Gasteiger partial charge in [0, 0.05) is 25.7 Å². The molecular weight excluding hydrogens is 1290 g/mol. The Morgan fingerprint density at radius 3 is 0.768 bits per heavy atom. The molecule has 0 aliphatic rings. The van der Waals surface area contributed by atoms with Crippen LogP contribution in [0, 0.1) is 17.8 Å². The largest absolute Gasteiger partial charge is 0.472 e. The normalized spacial score (nSPS) is 14.5. The molecule has 0 saturated carbocycles. The average Bonchev–Trinajstić information content (AvgIpc) is 1.10. The summed E-state index contributed by atoms with van der Waals surface area (Å²) >= 11 is 0. The minimum atomic E-state index is -4.96. The van der Waals surface area contributed by atoms with Crippen LogP contribution in [-0.2, 0) is 65.4 Å². The number of esters is 4. The molecule has 0 rings (SSSR count). The summed E-state index contributed by atoms with van der Waals surface area (Å²) in [5.74, 6) is 0.159. The fraction of sp³-hybridized carbons (Fsp3) is 0.950. The fourth-order valence-corrected chi connectivity index (χ4v) is 13.8. The quantitative estimate of drug-likeness (QED) is 0.0222. The molecule has 0 aromatic carbocycles. The summed E-state index contributed by atoms with van der Waals surface area (Å²) in [6.07, 6.45) is 58.6. The van der Waals surface area contributed by atoms with Crippen LogP contribution >= 0.6 is 15.6 Å². The van der Waals surface area contributed by atoms with E-state index < -0.39 is 97.5 Å². The lowest BCUT2D eigenvalue weighted by Crippen LogP contribution is -2.30. The summed E-state index contributed by atoms with van der Waals surface area (Å²) in [4.78, 5) is 72.9. The second-order valence-electron chi connectivity index (χ2n) is 29.8. The average molecular weight is 1450 g/mol. The molecule has 588 valence electrons. The van der Waals surface area contributed by atoms with Crippen LogP contribution < -0.4 is 0 Å². The SMILES string of the molecule is CCCCCCCCCCCCCCCCCCCCCCCC(=O)O[C@H](COC(=O)CCCCCCCCCCCCCCCCC(C)CC)COP(=O)(O)OC[C@@H](O)COP(=O)(O)OC[C@@H](COC(=O)CCCCCCCCC(C)CC)OC(=O)CCCCCCCCCC(C)C. The highest BCUT2D eigenvalue weighted by atomic mass is 31.2. The third-order valence-electron chi connectivity index (χ3n) is 19.4. The smallest absolute Gasteiger partial charge is 0.462 e. The van der Waals surface area contributed by atoms with Crippen molar-refractivity contribution >= 4 is 39.5 Å². The fourth-order valence-electron chi connectivity index (χ4n) is 12.2. The van der Waals surface area contributed by atoms with Gasteiger partial charge in [0.2, 0.25) is 0 Å². The monoisotopic (exact) mass is 1450 g/mol. The molecule has 99 heavy (non-hydrogen) atoms. The van der Waals surface area contributed by atoms with E-state index in [0.717, 1.165) is 108 Å². The van der Waals surface area contributed by atoms with Gasteiger partial charge in [0.1, 0.15) is 19.3 Å². The first-order valence-corrected chi connectivity index (χ1v) is 44.4. The topological polar surface area (TPSA) is 237 Å². The van der Waals surface area contributed by atoms with Crippen LogP contribution in [0.1, 0.15) is 414 Å². The molecule has 19 heteroatoms. The van der Waals surface area contributed by atoms with Crippen LogP contribution in [0.2, 0.25) is 0 Å². The number of carbonyl (C=O) groups is 4. The van der Waals surface area contributed by atoms with E-state index in [1.54, 1.807) is 0 Å². The van der Waals surface area contributed by atoms with E-state index >= 15 is 0 Å². The van der Waals surface area contributed by atoms with Crippen molar-refractivity contribution in [3.63, 3.8) is 0 Å². The Morgan fingerprint density at radius 2 is 0.515 bits per heavy atom. The molecule has 0 aromatic heterocycles. The van der Waals surface area contributed by atoms with Crippen molar-refractivity contribution < 1.29 is 80.2 Å². The summed E-state index contributed by atoms with van der Waals surface area (Å²) in [5.41, 5.74) is 0. The van der Waals surface area contributed by atoms with Gasteiger partial charge >= 0.3 is 39.5 Å². The molecule has 0 saturated heterocycles. The maximum Gasteiger partial charge on any atom is 0.472 e. The van der Waals surface area contributed by atoms with Crippen molar-refractivity contribution in [2.24, 2.45) is 17.8 Å². The number of phosphoric ester groups is 2. The molecule has 0 radical (unpaired) electrons. The zero-order chi connectivity index (χ0) is 73.0. The maximum atomic E-state index is 13.1. The third-order valence-corrected chi connectivity index (χ3v) is 21.3. The minimum Gasteiger partial charge on any atom is -0.462 e. The predicted octanol–water partition coefficient (Wildman–Crippen LogP) is 23.7. The Kier molecular flexibility index (Phi) is 69.0. The molecule has 17 nitrogen and oxygen atoms in total. The summed E-state index contributed by atoms with van der Waals surface area (Å²) < 4.78 is 68.6. The number of unbranched alkanes of at least 4 members (excludes halogenated alkanes) is 44. The van der Waals surface area contributed by atoms with Crippen LogP contribution in [0.3, 0.4) is 0 Å². The van der Waals surface area contributed by atoms with Crippen LogP contribution in [0.25, 0.3) is 0 Å². The van der Waals surface area contributed by atoms with E-state index in [0.29, 0.717) is 31.6 Å². The van der Waals surface area contributed by atoms with Gasteiger partial charge < -0.3 is 33.8 Å². The Bertz CT molecular complexity index is 1930. The molecule has 0 spiro atoms. The van der Waals surface area contributed by atoms with E-state index in [2.05, 4.69) is 48.5 Å². The molecule has 0 aliphatic carbocycles. The lowest BCUT2D eigenvalue weighted by molar-refractivity contribution is -0.161. The number of hydrogen-bond acceptors (Lipinski definition) is 15. The molecule has 0 heterocycles. The van der Waals surface area contributed by atoms with Crippen LogP contribution in [-0.4, -0.2) is 96.7 Å². The first-order valence-electron chi connectivity index (χ1n) is 41.4. The second-order valence-corrected chi connectivity index (χ2v) is 32.7. The molecule has 7 atom stereocenters. The molecular formula is C80H156O17P2. The number of aliphatic hydroxyl groups is 1. The lowest BCUT2D eigenvalue weighted by Gasteiger charge is -2.21. The number of phosphoric acid groups is 2. The molecule has 0 aliphatic heterocycles. The number of hydrogen-bond donors (Lipinski definition) is 3.